The standard InChI is InChI=1S/C18H28ClN/c1-14(13-16-9-11-18(19)12-10-16)20-15(2)17-7-5-3-4-6-8-17/h9-12,14-15,17,20H,3-8,13H2,1-2H3/t14?,15-/m0/s1. The van der Waals surface area contributed by atoms with E-state index in [-0.39, 0.29) is 0 Å². The Hall–Kier alpha value is -0.530. The minimum absolute atomic E-state index is 0.523. The van der Waals surface area contributed by atoms with Gasteiger partial charge in [0, 0.05) is 17.1 Å². The van der Waals surface area contributed by atoms with E-state index < -0.39 is 0 Å². The van der Waals surface area contributed by atoms with Crippen LogP contribution in [0.2, 0.25) is 5.02 Å². The first-order chi connectivity index (χ1) is 9.65. The van der Waals surface area contributed by atoms with Gasteiger partial charge in [0.25, 0.3) is 0 Å². The molecule has 112 valence electrons. The Labute approximate surface area is 129 Å². The molecule has 1 saturated carbocycles. The van der Waals surface area contributed by atoms with E-state index in [4.69, 9.17) is 11.6 Å². The summed E-state index contributed by atoms with van der Waals surface area (Å²) in [6, 6.07) is 9.40. The molecule has 0 radical (unpaired) electrons. The molecule has 1 fully saturated rings. The third-order valence-electron chi connectivity index (χ3n) is 4.61. The summed E-state index contributed by atoms with van der Waals surface area (Å²) < 4.78 is 0. The fraction of sp³-hybridized carbons (Fsp3) is 0.667. The summed E-state index contributed by atoms with van der Waals surface area (Å²) in [4.78, 5) is 0. The zero-order valence-corrected chi connectivity index (χ0v) is 13.6. The summed E-state index contributed by atoms with van der Waals surface area (Å²) in [6.45, 7) is 4.66. The van der Waals surface area contributed by atoms with Crippen LogP contribution < -0.4 is 5.32 Å². The van der Waals surface area contributed by atoms with Gasteiger partial charge in [0.15, 0.2) is 0 Å². The van der Waals surface area contributed by atoms with Crippen LogP contribution in [0.5, 0.6) is 0 Å². The zero-order valence-electron chi connectivity index (χ0n) is 12.9. The zero-order chi connectivity index (χ0) is 14.4. The number of hydrogen-bond donors (Lipinski definition) is 1. The second kappa shape index (κ2) is 8.05. The molecule has 2 atom stereocenters. The van der Waals surface area contributed by atoms with Crippen molar-refractivity contribution in [1.29, 1.82) is 0 Å². The van der Waals surface area contributed by atoms with Crippen LogP contribution in [0, 0.1) is 5.92 Å². The molecule has 1 N–H and O–H groups in total. The van der Waals surface area contributed by atoms with E-state index in [1.165, 1.54) is 44.1 Å². The highest BCUT2D eigenvalue weighted by atomic mass is 35.5. The van der Waals surface area contributed by atoms with Crippen LogP contribution in [0.4, 0.5) is 0 Å². The summed E-state index contributed by atoms with van der Waals surface area (Å²) in [7, 11) is 0. The van der Waals surface area contributed by atoms with Gasteiger partial charge in [-0.25, -0.2) is 0 Å². The maximum atomic E-state index is 5.93. The molecule has 0 heterocycles. The SMILES string of the molecule is CC(Cc1ccc(Cl)cc1)N[C@@H](C)C1CCCCCC1. The molecule has 1 aromatic carbocycles. The summed E-state index contributed by atoms with van der Waals surface area (Å²) in [6.07, 6.45) is 9.59. The summed E-state index contributed by atoms with van der Waals surface area (Å²) >= 11 is 5.93. The van der Waals surface area contributed by atoms with Crippen LogP contribution in [0.25, 0.3) is 0 Å². The van der Waals surface area contributed by atoms with E-state index in [0.29, 0.717) is 12.1 Å². The lowest BCUT2D eigenvalue weighted by Crippen LogP contribution is -2.40. The number of nitrogens with one attached hydrogen (secondary N) is 1. The third-order valence-corrected chi connectivity index (χ3v) is 4.86. The third kappa shape index (κ3) is 5.10. The molecule has 0 saturated heterocycles. The Morgan fingerprint density at radius 1 is 1.05 bits per heavy atom. The second-order valence-electron chi connectivity index (χ2n) is 6.44. The first-order valence-electron chi connectivity index (χ1n) is 8.15. The Kier molecular flexibility index (Phi) is 6.38. The van der Waals surface area contributed by atoms with Gasteiger partial charge in [0.1, 0.15) is 0 Å². The molecule has 1 aliphatic carbocycles. The van der Waals surface area contributed by atoms with Gasteiger partial charge in [-0.2, -0.15) is 0 Å². The second-order valence-corrected chi connectivity index (χ2v) is 6.88. The molecule has 2 rings (SSSR count). The van der Waals surface area contributed by atoms with Gasteiger partial charge in [-0.05, 0) is 56.7 Å². The smallest absolute Gasteiger partial charge is 0.0406 e. The molecule has 0 bridgehead atoms. The van der Waals surface area contributed by atoms with Crippen molar-refractivity contribution in [2.75, 3.05) is 0 Å². The van der Waals surface area contributed by atoms with E-state index in [1.54, 1.807) is 0 Å². The lowest BCUT2D eigenvalue weighted by molar-refractivity contribution is 0.314. The predicted octanol–water partition coefficient (Wildman–Crippen LogP) is 5.22. The molecule has 0 aliphatic heterocycles. The van der Waals surface area contributed by atoms with Crippen LogP contribution in [0.15, 0.2) is 24.3 Å². The summed E-state index contributed by atoms with van der Waals surface area (Å²) in [5.74, 6) is 0.866. The topological polar surface area (TPSA) is 12.0 Å². The van der Waals surface area contributed by atoms with Gasteiger partial charge in [-0.15, -0.1) is 0 Å². The van der Waals surface area contributed by atoms with Crippen molar-refractivity contribution >= 4 is 11.6 Å². The maximum absolute atomic E-state index is 5.93. The minimum Gasteiger partial charge on any atom is -0.311 e. The highest BCUT2D eigenvalue weighted by Gasteiger charge is 2.20. The molecular weight excluding hydrogens is 266 g/mol. The van der Waals surface area contributed by atoms with Crippen LogP contribution in [-0.4, -0.2) is 12.1 Å². The summed E-state index contributed by atoms with van der Waals surface area (Å²) in [5, 5.41) is 4.63. The van der Waals surface area contributed by atoms with Crippen molar-refractivity contribution in [2.24, 2.45) is 5.92 Å². The molecule has 0 aromatic heterocycles. The lowest BCUT2D eigenvalue weighted by atomic mass is 9.92. The van der Waals surface area contributed by atoms with E-state index >= 15 is 0 Å². The van der Waals surface area contributed by atoms with Crippen molar-refractivity contribution in [2.45, 2.75) is 70.9 Å². The Balaban J connectivity index is 1.80. The molecule has 0 spiro atoms. The van der Waals surface area contributed by atoms with E-state index in [2.05, 4.69) is 31.3 Å². The fourth-order valence-corrected chi connectivity index (χ4v) is 3.55. The van der Waals surface area contributed by atoms with Crippen molar-refractivity contribution in [3.63, 3.8) is 0 Å². The minimum atomic E-state index is 0.523. The van der Waals surface area contributed by atoms with Crippen LogP contribution in [0.1, 0.15) is 57.9 Å². The van der Waals surface area contributed by atoms with Crippen LogP contribution in [-0.2, 0) is 6.42 Å². The Morgan fingerprint density at radius 2 is 1.65 bits per heavy atom. The number of rotatable bonds is 5. The average Bonchev–Trinajstić information content (AvgIpc) is 2.70. The number of benzene rings is 1. The highest BCUT2D eigenvalue weighted by molar-refractivity contribution is 6.30. The van der Waals surface area contributed by atoms with E-state index in [1.807, 2.05) is 12.1 Å². The summed E-state index contributed by atoms with van der Waals surface area (Å²) in [5.41, 5.74) is 1.36. The highest BCUT2D eigenvalue weighted by Crippen LogP contribution is 2.25. The van der Waals surface area contributed by atoms with Gasteiger partial charge in [0.05, 0.1) is 0 Å². The first kappa shape index (κ1) is 15.9. The van der Waals surface area contributed by atoms with Crippen molar-refractivity contribution in [3.05, 3.63) is 34.9 Å². The van der Waals surface area contributed by atoms with Crippen LogP contribution in [0.3, 0.4) is 0 Å². The number of halogens is 1. The molecule has 2 heteroatoms. The Bertz CT molecular complexity index is 379. The predicted molar refractivity (Wildman–Crippen MR) is 88.4 cm³/mol. The maximum Gasteiger partial charge on any atom is 0.0406 e. The first-order valence-corrected chi connectivity index (χ1v) is 8.53. The normalized spacial score (nSPS) is 20.4. The molecular formula is C18H28ClN. The average molecular weight is 294 g/mol. The molecule has 1 aromatic rings. The fourth-order valence-electron chi connectivity index (χ4n) is 3.43. The Morgan fingerprint density at radius 3 is 2.25 bits per heavy atom. The van der Waals surface area contributed by atoms with E-state index in [9.17, 15) is 0 Å². The van der Waals surface area contributed by atoms with Crippen molar-refractivity contribution in [3.8, 4) is 0 Å². The molecule has 0 amide bonds. The lowest BCUT2D eigenvalue weighted by Gasteiger charge is -2.27. The van der Waals surface area contributed by atoms with Gasteiger partial charge in [0.2, 0.25) is 0 Å². The molecule has 1 aliphatic rings. The van der Waals surface area contributed by atoms with E-state index in [0.717, 1.165) is 17.4 Å². The molecule has 20 heavy (non-hydrogen) atoms. The quantitative estimate of drug-likeness (QED) is 0.734. The monoisotopic (exact) mass is 293 g/mol. The van der Waals surface area contributed by atoms with Crippen molar-refractivity contribution < 1.29 is 0 Å². The van der Waals surface area contributed by atoms with Crippen molar-refractivity contribution in [1.82, 2.24) is 5.32 Å². The van der Waals surface area contributed by atoms with Gasteiger partial charge >= 0.3 is 0 Å². The molecule has 1 nitrogen and oxygen atoms in total. The van der Waals surface area contributed by atoms with Crippen LogP contribution >= 0.6 is 11.6 Å². The van der Waals surface area contributed by atoms with Gasteiger partial charge in [-0.3, -0.25) is 0 Å². The van der Waals surface area contributed by atoms with Gasteiger partial charge < -0.3 is 5.32 Å². The number of hydrogen-bond acceptors (Lipinski definition) is 1. The molecule has 1 unspecified atom stereocenters. The van der Waals surface area contributed by atoms with Gasteiger partial charge in [-0.1, -0.05) is 49.4 Å². The largest absolute Gasteiger partial charge is 0.311 e.